The standard InChI is InChI=1S/C11H25N5.HI/c1-12-11(13-2)14-5-8-16-7-4-6-15(3)9-10-16;/h4-10H2,1-3H3,(H2,12,13,14);1H. The Morgan fingerprint density at radius 1 is 1.24 bits per heavy atom. The Morgan fingerprint density at radius 2 is 2.00 bits per heavy atom. The van der Waals surface area contributed by atoms with Gasteiger partial charge in [-0.3, -0.25) is 4.99 Å². The largest absolute Gasteiger partial charge is 0.359 e. The Labute approximate surface area is 122 Å². The number of aliphatic imine (C=N–C) groups is 1. The molecule has 17 heavy (non-hydrogen) atoms. The van der Waals surface area contributed by atoms with Crippen LogP contribution in [0.1, 0.15) is 6.42 Å². The van der Waals surface area contributed by atoms with Gasteiger partial charge in [-0.2, -0.15) is 0 Å². The smallest absolute Gasteiger partial charge is 0.190 e. The number of rotatable bonds is 3. The number of hydrogen-bond acceptors (Lipinski definition) is 3. The first-order valence-corrected chi connectivity index (χ1v) is 6.05. The van der Waals surface area contributed by atoms with Gasteiger partial charge in [-0.1, -0.05) is 0 Å². The molecule has 0 unspecified atom stereocenters. The maximum absolute atomic E-state index is 4.09. The Kier molecular flexibility index (Phi) is 9.85. The van der Waals surface area contributed by atoms with E-state index in [9.17, 15) is 0 Å². The van der Waals surface area contributed by atoms with Gasteiger partial charge in [0.1, 0.15) is 0 Å². The third-order valence-electron chi connectivity index (χ3n) is 2.99. The Hall–Kier alpha value is -0.0800. The van der Waals surface area contributed by atoms with Gasteiger partial charge in [0.05, 0.1) is 0 Å². The van der Waals surface area contributed by atoms with Crippen LogP contribution in [0.5, 0.6) is 0 Å². The van der Waals surface area contributed by atoms with Gasteiger partial charge in [-0.05, 0) is 26.6 Å². The summed E-state index contributed by atoms with van der Waals surface area (Å²) in [5.41, 5.74) is 0. The summed E-state index contributed by atoms with van der Waals surface area (Å²) in [6.07, 6.45) is 1.28. The van der Waals surface area contributed by atoms with E-state index in [4.69, 9.17) is 0 Å². The molecule has 6 heteroatoms. The number of nitrogens with zero attached hydrogens (tertiary/aromatic N) is 3. The molecular weight excluding hydrogens is 329 g/mol. The van der Waals surface area contributed by atoms with E-state index in [-0.39, 0.29) is 24.0 Å². The van der Waals surface area contributed by atoms with Crippen LogP contribution in [0, 0.1) is 0 Å². The second-order valence-corrected chi connectivity index (χ2v) is 4.25. The van der Waals surface area contributed by atoms with Crippen LogP contribution in [0.2, 0.25) is 0 Å². The molecule has 102 valence electrons. The first kappa shape index (κ1) is 16.9. The topological polar surface area (TPSA) is 42.9 Å². The van der Waals surface area contributed by atoms with Crippen molar-refractivity contribution >= 4 is 29.9 Å². The van der Waals surface area contributed by atoms with Gasteiger partial charge < -0.3 is 20.4 Å². The van der Waals surface area contributed by atoms with Gasteiger partial charge in [0.15, 0.2) is 5.96 Å². The Bertz CT molecular complexity index is 222. The van der Waals surface area contributed by atoms with Crippen LogP contribution in [0.25, 0.3) is 0 Å². The summed E-state index contributed by atoms with van der Waals surface area (Å²) in [5.74, 6) is 0.868. The van der Waals surface area contributed by atoms with Crippen LogP contribution in [0.15, 0.2) is 4.99 Å². The average Bonchev–Trinajstić information content (AvgIpc) is 2.50. The van der Waals surface area contributed by atoms with Crippen LogP contribution >= 0.6 is 24.0 Å². The van der Waals surface area contributed by atoms with Crippen LogP contribution in [-0.2, 0) is 0 Å². The van der Waals surface area contributed by atoms with Gasteiger partial charge in [-0.25, -0.2) is 0 Å². The summed E-state index contributed by atoms with van der Waals surface area (Å²) in [5, 5.41) is 6.30. The average molecular weight is 355 g/mol. The highest BCUT2D eigenvalue weighted by Gasteiger charge is 2.11. The molecule has 1 heterocycles. The van der Waals surface area contributed by atoms with Crippen molar-refractivity contribution in [2.75, 3.05) is 60.4 Å². The van der Waals surface area contributed by atoms with E-state index in [1.807, 2.05) is 7.05 Å². The molecule has 0 saturated carbocycles. The zero-order valence-corrected chi connectivity index (χ0v) is 13.5. The van der Waals surface area contributed by atoms with Gasteiger partial charge >= 0.3 is 0 Å². The summed E-state index contributed by atoms with van der Waals surface area (Å²) >= 11 is 0. The summed E-state index contributed by atoms with van der Waals surface area (Å²) in [6, 6.07) is 0. The third kappa shape index (κ3) is 7.05. The molecule has 1 saturated heterocycles. The molecule has 0 radical (unpaired) electrons. The van der Waals surface area contributed by atoms with Crippen molar-refractivity contribution in [3.63, 3.8) is 0 Å². The van der Waals surface area contributed by atoms with Gasteiger partial charge in [0, 0.05) is 40.3 Å². The van der Waals surface area contributed by atoms with E-state index in [0.717, 1.165) is 19.0 Å². The lowest BCUT2D eigenvalue weighted by atomic mass is 10.4. The molecule has 2 N–H and O–H groups in total. The summed E-state index contributed by atoms with van der Waals surface area (Å²) in [6.45, 7) is 6.84. The van der Waals surface area contributed by atoms with Crippen molar-refractivity contribution in [1.82, 2.24) is 20.4 Å². The van der Waals surface area contributed by atoms with Crippen molar-refractivity contribution in [3.05, 3.63) is 0 Å². The molecule has 0 aliphatic carbocycles. The molecular formula is C11H26IN5. The monoisotopic (exact) mass is 355 g/mol. The second kappa shape index (κ2) is 9.90. The van der Waals surface area contributed by atoms with Crippen LogP contribution in [0.3, 0.4) is 0 Å². The van der Waals surface area contributed by atoms with Crippen molar-refractivity contribution < 1.29 is 0 Å². The molecule has 0 aromatic heterocycles. The fraction of sp³-hybridized carbons (Fsp3) is 0.909. The number of nitrogens with one attached hydrogen (secondary N) is 2. The first-order valence-electron chi connectivity index (χ1n) is 6.05. The van der Waals surface area contributed by atoms with Crippen molar-refractivity contribution in [3.8, 4) is 0 Å². The number of likely N-dealkylation sites (N-methyl/N-ethyl adjacent to an activating group) is 1. The van der Waals surface area contributed by atoms with E-state index in [0.29, 0.717) is 0 Å². The minimum Gasteiger partial charge on any atom is -0.359 e. The molecule has 1 aliphatic rings. The predicted molar refractivity (Wildman–Crippen MR) is 84.4 cm³/mol. The van der Waals surface area contributed by atoms with E-state index in [1.54, 1.807) is 7.05 Å². The lowest BCUT2D eigenvalue weighted by Gasteiger charge is -2.20. The van der Waals surface area contributed by atoms with E-state index in [1.165, 1.54) is 32.6 Å². The maximum Gasteiger partial charge on any atom is 0.190 e. The number of halogens is 1. The van der Waals surface area contributed by atoms with Gasteiger partial charge in [0.25, 0.3) is 0 Å². The van der Waals surface area contributed by atoms with Crippen molar-refractivity contribution in [1.29, 1.82) is 0 Å². The van der Waals surface area contributed by atoms with Crippen molar-refractivity contribution in [2.24, 2.45) is 4.99 Å². The predicted octanol–water partition coefficient (Wildman–Crippen LogP) is 0.0367. The maximum atomic E-state index is 4.09. The molecule has 0 amide bonds. The zero-order chi connectivity index (χ0) is 11.8. The Balaban J connectivity index is 0.00000256. The highest BCUT2D eigenvalue weighted by atomic mass is 127. The highest BCUT2D eigenvalue weighted by Crippen LogP contribution is 1.99. The van der Waals surface area contributed by atoms with Crippen LogP contribution < -0.4 is 10.6 Å². The van der Waals surface area contributed by atoms with Crippen molar-refractivity contribution in [2.45, 2.75) is 6.42 Å². The first-order chi connectivity index (χ1) is 7.76. The van der Waals surface area contributed by atoms with E-state index in [2.05, 4.69) is 32.5 Å². The minimum atomic E-state index is 0. The number of hydrogen-bond donors (Lipinski definition) is 2. The quantitative estimate of drug-likeness (QED) is 0.426. The lowest BCUT2D eigenvalue weighted by molar-refractivity contribution is 0.280. The normalized spacial score (nSPS) is 19.4. The van der Waals surface area contributed by atoms with Crippen LogP contribution in [0.4, 0.5) is 0 Å². The summed E-state index contributed by atoms with van der Waals surface area (Å²) < 4.78 is 0. The van der Waals surface area contributed by atoms with E-state index >= 15 is 0 Å². The molecule has 0 aromatic rings. The molecule has 1 rings (SSSR count). The molecule has 0 spiro atoms. The highest BCUT2D eigenvalue weighted by molar-refractivity contribution is 14.0. The zero-order valence-electron chi connectivity index (χ0n) is 11.2. The fourth-order valence-corrected chi connectivity index (χ4v) is 1.94. The SMILES string of the molecule is CN=C(NC)NCCN1CCCN(C)CC1.I. The molecule has 1 aliphatic heterocycles. The minimum absolute atomic E-state index is 0. The van der Waals surface area contributed by atoms with Gasteiger partial charge in [-0.15, -0.1) is 24.0 Å². The molecule has 0 bridgehead atoms. The third-order valence-corrected chi connectivity index (χ3v) is 2.99. The van der Waals surface area contributed by atoms with Crippen LogP contribution in [-0.4, -0.2) is 76.2 Å². The molecule has 5 nitrogen and oxygen atoms in total. The Morgan fingerprint density at radius 3 is 2.65 bits per heavy atom. The molecule has 1 fully saturated rings. The second-order valence-electron chi connectivity index (χ2n) is 4.25. The number of guanidine groups is 1. The van der Waals surface area contributed by atoms with E-state index < -0.39 is 0 Å². The lowest BCUT2D eigenvalue weighted by Crippen LogP contribution is -2.41. The van der Waals surface area contributed by atoms with Gasteiger partial charge in [0.2, 0.25) is 0 Å². The summed E-state index contributed by atoms with van der Waals surface area (Å²) in [7, 11) is 5.88. The fourth-order valence-electron chi connectivity index (χ4n) is 1.94. The molecule has 0 atom stereocenters. The molecule has 0 aromatic carbocycles. The summed E-state index contributed by atoms with van der Waals surface area (Å²) in [4.78, 5) is 9.00.